The Hall–Kier alpha value is -3.95. The summed E-state index contributed by atoms with van der Waals surface area (Å²) in [5.41, 5.74) is 5.39. The van der Waals surface area contributed by atoms with E-state index in [4.69, 9.17) is 16.3 Å². The lowest BCUT2D eigenvalue weighted by atomic mass is 10.1. The van der Waals surface area contributed by atoms with Crippen molar-refractivity contribution >= 4 is 40.7 Å². The van der Waals surface area contributed by atoms with Crippen molar-refractivity contribution in [2.45, 2.75) is 13.5 Å². The Balaban J connectivity index is 1.69. The lowest BCUT2D eigenvalue weighted by molar-refractivity contribution is -0.111. The Labute approximate surface area is 195 Å². The molecule has 1 aromatic heterocycles. The van der Waals surface area contributed by atoms with Gasteiger partial charge in [-0.25, -0.2) is 15.4 Å². The van der Waals surface area contributed by atoms with Crippen LogP contribution >= 0.6 is 11.6 Å². The first-order valence-corrected chi connectivity index (χ1v) is 10.2. The number of carbonyl (C=O) groups excluding carboxylic acids is 2. The zero-order valence-corrected chi connectivity index (χ0v) is 18.8. The van der Waals surface area contributed by atoms with Gasteiger partial charge in [-0.15, -0.1) is 0 Å². The first-order valence-electron chi connectivity index (χ1n) is 9.78. The number of ether oxygens (including phenoxy) is 1. The Morgan fingerprint density at radius 2 is 1.94 bits per heavy atom. The van der Waals surface area contributed by atoms with Crippen LogP contribution in [0.3, 0.4) is 0 Å². The second kappa shape index (κ2) is 11.1. The summed E-state index contributed by atoms with van der Waals surface area (Å²) < 4.78 is 5.72. The quantitative estimate of drug-likeness (QED) is 0.319. The summed E-state index contributed by atoms with van der Waals surface area (Å²) in [6.45, 7) is 5.47. The van der Waals surface area contributed by atoms with Gasteiger partial charge in [0.25, 0.3) is 5.91 Å². The van der Waals surface area contributed by atoms with E-state index >= 15 is 0 Å². The molecule has 9 nitrogen and oxygen atoms in total. The van der Waals surface area contributed by atoms with Crippen LogP contribution in [-0.4, -0.2) is 28.9 Å². The summed E-state index contributed by atoms with van der Waals surface area (Å²) in [5.74, 6) is 0.0140. The molecule has 0 aliphatic carbocycles. The standard InChI is InChI=1S/C23H22ClN5O4/c1-4-20(30)27-19-7-5-6-14(2)21(19)28-23-25-11-17(12-26-23)33-13-16-10-15(8-9-18(16)24)22(31)29-32-3/h4-12H,1,13H2,2-3H3,(H,27,30)(H,29,31)(H,25,26,28). The largest absolute Gasteiger partial charge is 0.486 e. The van der Waals surface area contributed by atoms with Crippen LogP contribution in [-0.2, 0) is 16.2 Å². The summed E-state index contributed by atoms with van der Waals surface area (Å²) in [6.07, 6.45) is 4.21. The van der Waals surface area contributed by atoms with Crippen molar-refractivity contribution < 1.29 is 19.2 Å². The number of hydroxylamine groups is 1. The lowest BCUT2D eigenvalue weighted by Crippen LogP contribution is -2.21. The third kappa shape index (κ3) is 6.28. The number of aromatic nitrogens is 2. The van der Waals surface area contributed by atoms with Crippen molar-refractivity contribution in [3.63, 3.8) is 0 Å². The van der Waals surface area contributed by atoms with Crippen LogP contribution in [0.2, 0.25) is 5.02 Å². The van der Waals surface area contributed by atoms with E-state index in [2.05, 4.69) is 37.5 Å². The van der Waals surface area contributed by atoms with E-state index in [1.807, 2.05) is 19.1 Å². The highest BCUT2D eigenvalue weighted by Crippen LogP contribution is 2.28. The summed E-state index contributed by atoms with van der Waals surface area (Å²) in [4.78, 5) is 36.8. The SMILES string of the molecule is C=CC(=O)Nc1cccc(C)c1Nc1ncc(OCc2cc(C(=O)NOC)ccc2Cl)cn1. The van der Waals surface area contributed by atoms with Gasteiger partial charge in [0.15, 0.2) is 5.75 Å². The fourth-order valence-electron chi connectivity index (χ4n) is 2.83. The van der Waals surface area contributed by atoms with E-state index in [-0.39, 0.29) is 12.5 Å². The fourth-order valence-corrected chi connectivity index (χ4v) is 3.00. The minimum Gasteiger partial charge on any atom is -0.486 e. The highest BCUT2D eigenvalue weighted by atomic mass is 35.5. The van der Waals surface area contributed by atoms with Crippen LogP contribution < -0.4 is 20.9 Å². The zero-order chi connectivity index (χ0) is 23.8. The molecule has 10 heteroatoms. The van der Waals surface area contributed by atoms with Gasteiger partial charge < -0.3 is 15.4 Å². The third-order valence-electron chi connectivity index (χ3n) is 4.48. The smallest absolute Gasteiger partial charge is 0.274 e. The summed E-state index contributed by atoms with van der Waals surface area (Å²) in [7, 11) is 1.35. The van der Waals surface area contributed by atoms with Crippen molar-refractivity contribution in [1.82, 2.24) is 15.4 Å². The number of benzene rings is 2. The Morgan fingerprint density at radius 1 is 1.18 bits per heavy atom. The maximum Gasteiger partial charge on any atom is 0.274 e. The van der Waals surface area contributed by atoms with E-state index in [9.17, 15) is 9.59 Å². The third-order valence-corrected chi connectivity index (χ3v) is 4.85. The van der Waals surface area contributed by atoms with Crippen molar-refractivity contribution in [3.8, 4) is 5.75 Å². The number of carbonyl (C=O) groups is 2. The molecule has 0 atom stereocenters. The molecule has 2 amide bonds. The van der Waals surface area contributed by atoms with E-state index in [1.54, 1.807) is 24.3 Å². The molecule has 170 valence electrons. The minimum atomic E-state index is -0.394. The first kappa shape index (κ1) is 23.7. The Kier molecular flexibility index (Phi) is 7.96. The van der Waals surface area contributed by atoms with Crippen LogP contribution in [0.1, 0.15) is 21.5 Å². The number of rotatable bonds is 9. The molecule has 1 heterocycles. The minimum absolute atomic E-state index is 0.110. The molecule has 0 aliphatic heterocycles. The van der Waals surface area contributed by atoms with Gasteiger partial charge in [-0.05, 0) is 42.8 Å². The Morgan fingerprint density at radius 3 is 2.64 bits per heavy atom. The van der Waals surface area contributed by atoms with Crippen molar-refractivity contribution in [1.29, 1.82) is 0 Å². The maximum absolute atomic E-state index is 11.9. The molecule has 0 saturated carbocycles. The van der Waals surface area contributed by atoms with Crippen LogP contribution in [0.25, 0.3) is 0 Å². The summed E-state index contributed by atoms with van der Waals surface area (Å²) in [6, 6.07) is 10.3. The van der Waals surface area contributed by atoms with Crippen LogP contribution in [0.5, 0.6) is 5.75 Å². The molecule has 0 bridgehead atoms. The molecule has 3 rings (SSSR count). The molecule has 0 radical (unpaired) electrons. The molecule has 3 N–H and O–H groups in total. The average molecular weight is 468 g/mol. The van der Waals surface area contributed by atoms with Crippen LogP contribution in [0, 0.1) is 6.92 Å². The van der Waals surface area contributed by atoms with Gasteiger partial charge in [-0.2, -0.15) is 0 Å². The van der Waals surface area contributed by atoms with Gasteiger partial charge in [-0.3, -0.25) is 14.4 Å². The molecule has 0 spiro atoms. The summed E-state index contributed by atoms with van der Waals surface area (Å²) >= 11 is 6.22. The predicted octanol–water partition coefficient (Wildman–Crippen LogP) is 4.18. The molecule has 0 saturated heterocycles. The van der Waals surface area contributed by atoms with Gasteiger partial charge in [-0.1, -0.05) is 30.3 Å². The highest BCUT2D eigenvalue weighted by molar-refractivity contribution is 6.31. The van der Waals surface area contributed by atoms with E-state index in [0.29, 0.717) is 39.2 Å². The topological polar surface area (TPSA) is 114 Å². The fraction of sp³-hybridized carbons (Fsp3) is 0.130. The zero-order valence-electron chi connectivity index (χ0n) is 18.0. The second-order valence-electron chi connectivity index (χ2n) is 6.79. The summed E-state index contributed by atoms with van der Waals surface area (Å²) in [5, 5.41) is 6.31. The normalized spacial score (nSPS) is 10.3. The van der Waals surface area contributed by atoms with Gasteiger partial charge >= 0.3 is 0 Å². The highest BCUT2D eigenvalue weighted by Gasteiger charge is 2.11. The average Bonchev–Trinajstić information content (AvgIpc) is 2.81. The van der Waals surface area contributed by atoms with Gasteiger partial charge in [0.2, 0.25) is 11.9 Å². The number of hydrogen-bond donors (Lipinski definition) is 3. The van der Waals surface area contributed by atoms with E-state index in [0.717, 1.165) is 5.56 Å². The number of para-hydroxylation sites is 1. The number of nitrogens with one attached hydrogen (secondary N) is 3. The molecule has 0 unspecified atom stereocenters. The molecule has 33 heavy (non-hydrogen) atoms. The molecule has 0 fully saturated rings. The van der Waals surface area contributed by atoms with Crippen molar-refractivity contribution in [3.05, 3.63) is 83.2 Å². The van der Waals surface area contributed by atoms with E-state index < -0.39 is 5.91 Å². The van der Waals surface area contributed by atoms with Crippen LogP contribution in [0.15, 0.2) is 61.4 Å². The predicted molar refractivity (Wildman–Crippen MR) is 126 cm³/mol. The second-order valence-corrected chi connectivity index (χ2v) is 7.20. The molecule has 2 aromatic carbocycles. The molecule has 0 aliphatic rings. The Bertz CT molecular complexity index is 1170. The lowest BCUT2D eigenvalue weighted by Gasteiger charge is -2.14. The molecular formula is C23H22ClN5O4. The van der Waals surface area contributed by atoms with Crippen molar-refractivity contribution in [2.75, 3.05) is 17.7 Å². The molecular weight excluding hydrogens is 446 g/mol. The first-order chi connectivity index (χ1) is 15.9. The number of anilines is 3. The number of nitrogens with zero attached hydrogens (tertiary/aromatic N) is 2. The number of halogens is 1. The molecule has 3 aromatic rings. The van der Waals surface area contributed by atoms with Crippen molar-refractivity contribution in [2.24, 2.45) is 0 Å². The van der Waals surface area contributed by atoms with Gasteiger partial charge in [0.1, 0.15) is 6.61 Å². The van der Waals surface area contributed by atoms with Gasteiger partial charge in [0, 0.05) is 16.1 Å². The number of hydrogen-bond acceptors (Lipinski definition) is 7. The van der Waals surface area contributed by atoms with Gasteiger partial charge in [0.05, 0.1) is 30.9 Å². The van der Waals surface area contributed by atoms with E-state index in [1.165, 1.54) is 25.6 Å². The number of aryl methyl sites for hydroxylation is 1. The monoisotopic (exact) mass is 467 g/mol. The number of amides is 2. The maximum atomic E-state index is 11.9. The van der Waals surface area contributed by atoms with Crippen LogP contribution in [0.4, 0.5) is 17.3 Å².